The normalized spacial score (nSPS) is 11.3. The molecule has 1 aromatic rings. The van der Waals surface area contributed by atoms with E-state index < -0.39 is 5.83 Å². The second kappa shape index (κ2) is 4.02. The standard InChI is InChI=1S/C9H6ClFO/c10-8-3-1-7(2-4-8)5-9(11)6-12/h1-6H/b9-5-. The molecule has 0 radical (unpaired) electrons. The van der Waals surface area contributed by atoms with Gasteiger partial charge >= 0.3 is 0 Å². The largest absolute Gasteiger partial charge is 0.295 e. The van der Waals surface area contributed by atoms with Crippen LogP contribution in [0.25, 0.3) is 6.08 Å². The Morgan fingerprint density at radius 3 is 2.42 bits per heavy atom. The predicted octanol–water partition coefficient (Wildman–Crippen LogP) is 2.85. The molecule has 1 aromatic carbocycles. The summed E-state index contributed by atoms with van der Waals surface area (Å²) in [6.07, 6.45) is 1.30. The Morgan fingerprint density at radius 1 is 1.33 bits per heavy atom. The van der Waals surface area contributed by atoms with Gasteiger partial charge in [0, 0.05) is 5.02 Å². The van der Waals surface area contributed by atoms with E-state index in [9.17, 15) is 9.18 Å². The third kappa shape index (κ3) is 2.47. The lowest BCUT2D eigenvalue weighted by atomic mass is 10.2. The molecular formula is C9H6ClFO. The molecule has 1 rings (SSSR count). The summed E-state index contributed by atoms with van der Waals surface area (Å²) in [7, 11) is 0. The Hall–Kier alpha value is -1.15. The molecule has 62 valence electrons. The Bertz CT molecular complexity index is 303. The average Bonchev–Trinajstić information content (AvgIpc) is 2.09. The van der Waals surface area contributed by atoms with Crippen molar-refractivity contribution in [1.29, 1.82) is 0 Å². The van der Waals surface area contributed by atoms with Crippen molar-refractivity contribution < 1.29 is 9.18 Å². The maximum atomic E-state index is 12.4. The maximum absolute atomic E-state index is 12.4. The fourth-order valence-corrected chi connectivity index (χ4v) is 0.878. The van der Waals surface area contributed by atoms with Crippen molar-refractivity contribution >= 4 is 24.0 Å². The zero-order valence-electron chi connectivity index (χ0n) is 6.13. The summed E-state index contributed by atoms with van der Waals surface area (Å²) in [4.78, 5) is 9.91. The number of aldehydes is 1. The molecule has 0 aliphatic rings. The van der Waals surface area contributed by atoms with Crippen molar-refractivity contribution in [1.82, 2.24) is 0 Å². The third-order valence-corrected chi connectivity index (χ3v) is 1.54. The molecule has 0 aromatic heterocycles. The SMILES string of the molecule is O=C/C(F)=C/c1ccc(Cl)cc1. The van der Waals surface area contributed by atoms with Crippen LogP contribution in [0.5, 0.6) is 0 Å². The molecule has 0 atom stereocenters. The van der Waals surface area contributed by atoms with Crippen molar-refractivity contribution in [2.75, 3.05) is 0 Å². The summed E-state index contributed by atoms with van der Waals surface area (Å²) >= 11 is 5.60. The molecule has 0 bridgehead atoms. The lowest BCUT2D eigenvalue weighted by Crippen LogP contribution is -1.75. The highest BCUT2D eigenvalue weighted by atomic mass is 35.5. The van der Waals surface area contributed by atoms with Gasteiger partial charge in [0.1, 0.15) is 0 Å². The van der Waals surface area contributed by atoms with E-state index >= 15 is 0 Å². The Morgan fingerprint density at radius 2 is 1.92 bits per heavy atom. The average molecular weight is 185 g/mol. The highest BCUT2D eigenvalue weighted by Gasteiger charge is 1.92. The van der Waals surface area contributed by atoms with Crippen molar-refractivity contribution in [2.45, 2.75) is 0 Å². The maximum Gasteiger partial charge on any atom is 0.178 e. The van der Waals surface area contributed by atoms with Crippen LogP contribution in [0, 0.1) is 0 Å². The lowest BCUT2D eigenvalue weighted by Gasteiger charge is -1.92. The first-order chi connectivity index (χ1) is 5.72. The predicted molar refractivity (Wildman–Crippen MR) is 46.6 cm³/mol. The van der Waals surface area contributed by atoms with Gasteiger partial charge < -0.3 is 0 Å². The highest BCUT2D eigenvalue weighted by Crippen LogP contribution is 2.12. The van der Waals surface area contributed by atoms with Gasteiger partial charge in [-0.1, -0.05) is 23.7 Å². The first-order valence-electron chi connectivity index (χ1n) is 3.30. The first kappa shape index (κ1) is 8.94. The molecule has 0 spiro atoms. The minimum atomic E-state index is -0.794. The van der Waals surface area contributed by atoms with Crippen molar-refractivity contribution in [2.24, 2.45) is 0 Å². The lowest BCUT2D eigenvalue weighted by molar-refractivity contribution is -0.106. The quantitative estimate of drug-likeness (QED) is 0.510. The van der Waals surface area contributed by atoms with Gasteiger partial charge in [0.25, 0.3) is 0 Å². The Balaban J connectivity index is 2.91. The second-order valence-electron chi connectivity index (χ2n) is 2.20. The van der Waals surface area contributed by atoms with E-state index in [1.54, 1.807) is 24.3 Å². The summed E-state index contributed by atoms with van der Waals surface area (Å²) in [5.74, 6) is -0.794. The van der Waals surface area contributed by atoms with Crippen LogP contribution in [0.15, 0.2) is 30.1 Å². The molecule has 0 amide bonds. The van der Waals surface area contributed by atoms with Gasteiger partial charge in [0.2, 0.25) is 0 Å². The van der Waals surface area contributed by atoms with E-state index in [0.29, 0.717) is 10.6 Å². The fraction of sp³-hybridized carbons (Fsp3) is 0. The molecule has 0 N–H and O–H groups in total. The minimum absolute atomic E-state index is 0.161. The van der Waals surface area contributed by atoms with Crippen LogP contribution in [-0.4, -0.2) is 6.29 Å². The van der Waals surface area contributed by atoms with Gasteiger partial charge in [-0.2, -0.15) is 0 Å². The molecule has 0 unspecified atom stereocenters. The number of rotatable bonds is 2. The monoisotopic (exact) mass is 184 g/mol. The zero-order chi connectivity index (χ0) is 8.97. The van der Waals surface area contributed by atoms with Gasteiger partial charge in [-0.15, -0.1) is 0 Å². The van der Waals surface area contributed by atoms with Gasteiger partial charge in [-0.3, -0.25) is 4.79 Å². The van der Waals surface area contributed by atoms with E-state index in [1.165, 1.54) is 0 Å². The summed E-state index contributed by atoms with van der Waals surface area (Å²) in [5, 5.41) is 0.582. The molecule has 0 saturated heterocycles. The van der Waals surface area contributed by atoms with E-state index in [0.717, 1.165) is 6.08 Å². The number of hydrogen-bond acceptors (Lipinski definition) is 1. The number of hydrogen-bond donors (Lipinski definition) is 0. The van der Waals surface area contributed by atoms with Gasteiger partial charge in [0.05, 0.1) is 0 Å². The van der Waals surface area contributed by atoms with Gasteiger partial charge in [-0.25, -0.2) is 4.39 Å². The van der Waals surface area contributed by atoms with Crippen LogP contribution in [0.3, 0.4) is 0 Å². The van der Waals surface area contributed by atoms with Crippen LogP contribution in [-0.2, 0) is 4.79 Å². The second-order valence-corrected chi connectivity index (χ2v) is 2.64. The molecular weight excluding hydrogens is 179 g/mol. The Kier molecular flexibility index (Phi) is 3.00. The van der Waals surface area contributed by atoms with Crippen molar-refractivity contribution in [3.8, 4) is 0 Å². The van der Waals surface area contributed by atoms with E-state index in [4.69, 9.17) is 11.6 Å². The van der Waals surface area contributed by atoms with E-state index in [1.807, 2.05) is 0 Å². The van der Waals surface area contributed by atoms with Crippen LogP contribution < -0.4 is 0 Å². The van der Waals surface area contributed by atoms with E-state index in [2.05, 4.69) is 0 Å². The van der Waals surface area contributed by atoms with Gasteiger partial charge in [0.15, 0.2) is 12.1 Å². The van der Waals surface area contributed by atoms with Crippen LogP contribution in [0.2, 0.25) is 5.02 Å². The number of carbonyl (C=O) groups excluding carboxylic acids is 1. The molecule has 0 saturated carbocycles. The summed E-state index contributed by atoms with van der Waals surface area (Å²) in [6.45, 7) is 0. The smallest absolute Gasteiger partial charge is 0.178 e. The molecule has 1 nitrogen and oxygen atoms in total. The summed E-state index contributed by atoms with van der Waals surface area (Å²) < 4.78 is 12.4. The van der Waals surface area contributed by atoms with E-state index in [-0.39, 0.29) is 6.29 Å². The van der Waals surface area contributed by atoms with Crippen LogP contribution in [0.4, 0.5) is 4.39 Å². The third-order valence-electron chi connectivity index (χ3n) is 1.29. The topological polar surface area (TPSA) is 17.1 Å². The molecule has 12 heavy (non-hydrogen) atoms. The molecule has 0 aliphatic heterocycles. The van der Waals surface area contributed by atoms with Crippen molar-refractivity contribution in [3.05, 3.63) is 40.7 Å². The zero-order valence-corrected chi connectivity index (χ0v) is 6.88. The van der Waals surface area contributed by atoms with Crippen LogP contribution in [0.1, 0.15) is 5.56 Å². The summed E-state index contributed by atoms with van der Waals surface area (Å²) in [5.41, 5.74) is 0.615. The molecule has 3 heteroatoms. The van der Waals surface area contributed by atoms with Crippen molar-refractivity contribution in [3.63, 3.8) is 0 Å². The fourth-order valence-electron chi connectivity index (χ4n) is 0.752. The molecule has 0 fully saturated rings. The summed E-state index contributed by atoms with van der Waals surface area (Å²) in [6, 6.07) is 6.52. The highest BCUT2D eigenvalue weighted by molar-refractivity contribution is 6.30. The van der Waals surface area contributed by atoms with Gasteiger partial charge in [-0.05, 0) is 23.8 Å². The van der Waals surface area contributed by atoms with Crippen LogP contribution >= 0.6 is 11.6 Å². The minimum Gasteiger partial charge on any atom is -0.295 e. The number of carbonyl (C=O) groups is 1. The number of benzene rings is 1. The molecule has 0 heterocycles. The molecule has 0 aliphatic carbocycles. The number of halogens is 2. The number of allylic oxidation sites excluding steroid dienone is 1. The first-order valence-corrected chi connectivity index (χ1v) is 3.68. The Labute approximate surface area is 74.5 Å².